The van der Waals surface area contributed by atoms with E-state index in [1.807, 2.05) is 0 Å². The highest BCUT2D eigenvalue weighted by molar-refractivity contribution is 7.92. The van der Waals surface area contributed by atoms with Gasteiger partial charge in [-0.3, -0.25) is 9.71 Å². The molecule has 0 unspecified atom stereocenters. The summed E-state index contributed by atoms with van der Waals surface area (Å²) in [6.07, 6.45) is 1.50. The zero-order valence-corrected chi connectivity index (χ0v) is 6.93. The van der Waals surface area contributed by atoms with Gasteiger partial charge in [-0.05, 0) is 6.07 Å². The lowest BCUT2D eigenvalue weighted by Gasteiger charge is -1.99. The summed E-state index contributed by atoms with van der Waals surface area (Å²) in [5.41, 5.74) is 6.87. The molecule has 12 heavy (non-hydrogen) atoms. The third kappa shape index (κ3) is 1.00. The number of rotatable bonds is 0. The first-order valence-electron chi connectivity index (χ1n) is 3.32. The van der Waals surface area contributed by atoms with Crippen LogP contribution < -0.4 is 10.5 Å². The third-order valence-corrected chi connectivity index (χ3v) is 2.81. The van der Waals surface area contributed by atoms with Crippen molar-refractivity contribution in [2.45, 2.75) is 5.75 Å². The monoisotopic (exact) mass is 185 g/mol. The molecule has 0 spiro atoms. The summed E-state index contributed by atoms with van der Waals surface area (Å²) in [6.45, 7) is 0. The number of nitrogens with two attached hydrogens (primary N) is 1. The molecule has 1 aromatic rings. The van der Waals surface area contributed by atoms with Crippen molar-refractivity contribution in [3.63, 3.8) is 0 Å². The van der Waals surface area contributed by atoms with E-state index in [9.17, 15) is 8.42 Å². The summed E-state index contributed by atoms with van der Waals surface area (Å²) in [5, 5.41) is 0. The average molecular weight is 185 g/mol. The molecule has 64 valence electrons. The quantitative estimate of drug-likeness (QED) is 0.592. The van der Waals surface area contributed by atoms with Gasteiger partial charge in [-0.25, -0.2) is 8.42 Å². The Labute approximate surface area is 69.7 Å². The maximum absolute atomic E-state index is 11.0. The van der Waals surface area contributed by atoms with Crippen LogP contribution in [0.15, 0.2) is 12.3 Å². The molecule has 0 atom stereocenters. The number of anilines is 2. The fourth-order valence-corrected chi connectivity index (χ4v) is 2.32. The van der Waals surface area contributed by atoms with Crippen molar-refractivity contribution < 1.29 is 8.42 Å². The number of nitrogens with one attached hydrogen (secondary N) is 1. The van der Waals surface area contributed by atoms with Gasteiger partial charge in [0, 0.05) is 6.20 Å². The van der Waals surface area contributed by atoms with Crippen LogP contribution in [0.2, 0.25) is 0 Å². The van der Waals surface area contributed by atoms with Gasteiger partial charge < -0.3 is 5.73 Å². The highest BCUT2D eigenvalue weighted by Gasteiger charge is 2.26. The Morgan fingerprint density at radius 2 is 2.33 bits per heavy atom. The Bertz CT molecular complexity index is 426. The third-order valence-electron chi connectivity index (χ3n) is 1.65. The van der Waals surface area contributed by atoms with Crippen LogP contribution in [0.4, 0.5) is 11.4 Å². The smallest absolute Gasteiger partial charge is 0.238 e. The molecule has 2 heterocycles. The van der Waals surface area contributed by atoms with Gasteiger partial charge in [0.25, 0.3) is 0 Å². The molecule has 0 amide bonds. The summed E-state index contributed by atoms with van der Waals surface area (Å²) >= 11 is 0. The summed E-state index contributed by atoms with van der Waals surface area (Å²) in [6, 6.07) is 1.56. The Morgan fingerprint density at radius 1 is 1.58 bits per heavy atom. The molecule has 0 bridgehead atoms. The van der Waals surface area contributed by atoms with E-state index in [4.69, 9.17) is 5.73 Å². The molecule has 0 saturated heterocycles. The van der Waals surface area contributed by atoms with Crippen LogP contribution in [-0.2, 0) is 15.8 Å². The van der Waals surface area contributed by atoms with Gasteiger partial charge in [-0.2, -0.15) is 0 Å². The Morgan fingerprint density at radius 3 is 3.00 bits per heavy atom. The van der Waals surface area contributed by atoms with Gasteiger partial charge >= 0.3 is 0 Å². The van der Waals surface area contributed by atoms with Crippen LogP contribution in [0.5, 0.6) is 0 Å². The van der Waals surface area contributed by atoms with Crippen molar-refractivity contribution in [2.75, 3.05) is 10.5 Å². The predicted octanol–water partition coefficient (Wildman–Crippen LogP) is -0.0809. The van der Waals surface area contributed by atoms with Crippen molar-refractivity contribution >= 4 is 21.4 Å². The van der Waals surface area contributed by atoms with Crippen LogP contribution >= 0.6 is 0 Å². The number of aromatic nitrogens is 1. The van der Waals surface area contributed by atoms with Crippen molar-refractivity contribution in [3.05, 3.63) is 18.0 Å². The molecule has 3 N–H and O–H groups in total. The second kappa shape index (κ2) is 2.10. The van der Waals surface area contributed by atoms with Crippen molar-refractivity contribution in [3.8, 4) is 0 Å². The Kier molecular flexibility index (Phi) is 1.29. The molecule has 0 aromatic carbocycles. The number of nitrogen functional groups attached to an aromatic ring is 1. The van der Waals surface area contributed by atoms with E-state index in [0.29, 0.717) is 17.1 Å². The van der Waals surface area contributed by atoms with E-state index in [-0.39, 0.29) is 5.75 Å². The first kappa shape index (κ1) is 7.35. The zero-order chi connectivity index (χ0) is 8.77. The number of hydrogen-bond acceptors (Lipinski definition) is 4. The molecule has 0 radical (unpaired) electrons. The number of pyridine rings is 1. The summed E-state index contributed by atoms with van der Waals surface area (Å²) in [4.78, 5) is 3.89. The fourth-order valence-electron chi connectivity index (χ4n) is 1.12. The van der Waals surface area contributed by atoms with E-state index >= 15 is 0 Å². The molecule has 2 rings (SSSR count). The van der Waals surface area contributed by atoms with E-state index in [0.717, 1.165) is 0 Å². The molecule has 0 aliphatic carbocycles. The number of hydrogen-bond donors (Lipinski definition) is 2. The molecular formula is C6H7N3O2S. The first-order chi connectivity index (χ1) is 5.58. The minimum Gasteiger partial charge on any atom is -0.397 e. The maximum Gasteiger partial charge on any atom is 0.238 e. The number of fused-ring (bicyclic) bond motifs is 1. The summed E-state index contributed by atoms with van der Waals surface area (Å²) in [7, 11) is -3.22. The Balaban J connectivity index is 2.63. The molecule has 5 nitrogen and oxygen atoms in total. The number of nitrogens with zero attached hydrogens (tertiary/aromatic N) is 1. The van der Waals surface area contributed by atoms with Gasteiger partial charge in [0.15, 0.2) is 0 Å². The summed E-state index contributed by atoms with van der Waals surface area (Å²) in [5.74, 6) is -0.0760. The largest absolute Gasteiger partial charge is 0.397 e. The SMILES string of the molecule is Nc1ccnc2c1NS(=O)(=O)C2. The fraction of sp³-hybridized carbons (Fsp3) is 0.167. The molecular weight excluding hydrogens is 178 g/mol. The minimum atomic E-state index is -3.22. The van der Waals surface area contributed by atoms with E-state index in [2.05, 4.69) is 9.71 Å². The highest BCUT2D eigenvalue weighted by Crippen LogP contribution is 2.29. The molecule has 6 heteroatoms. The second-order valence-corrected chi connectivity index (χ2v) is 4.31. The average Bonchev–Trinajstić information content (AvgIpc) is 2.25. The van der Waals surface area contributed by atoms with Crippen LogP contribution in [0.25, 0.3) is 0 Å². The predicted molar refractivity (Wildman–Crippen MR) is 44.9 cm³/mol. The first-order valence-corrected chi connectivity index (χ1v) is 4.97. The van der Waals surface area contributed by atoms with E-state index in [1.54, 1.807) is 6.07 Å². The number of sulfonamides is 1. The topological polar surface area (TPSA) is 85.1 Å². The van der Waals surface area contributed by atoms with Crippen LogP contribution in [0.3, 0.4) is 0 Å². The Hall–Kier alpha value is -1.30. The maximum atomic E-state index is 11.0. The van der Waals surface area contributed by atoms with E-state index in [1.165, 1.54) is 6.20 Å². The van der Waals surface area contributed by atoms with Crippen LogP contribution in [-0.4, -0.2) is 13.4 Å². The zero-order valence-electron chi connectivity index (χ0n) is 6.11. The van der Waals surface area contributed by atoms with Gasteiger partial charge in [-0.1, -0.05) is 0 Å². The molecule has 0 saturated carbocycles. The van der Waals surface area contributed by atoms with Gasteiger partial charge in [-0.15, -0.1) is 0 Å². The highest BCUT2D eigenvalue weighted by atomic mass is 32.2. The van der Waals surface area contributed by atoms with Gasteiger partial charge in [0.2, 0.25) is 10.0 Å². The van der Waals surface area contributed by atoms with Crippen molar-refractivity contribution in [1.82, 2.24) is 4.98 Å². The minimum absolute atomic E-state index is 0.0760. The van der Waals surface area contributed by atoms with Crippen molar-refractivity contribution in [2.24, 2.45) is 0 Å². The lowest BCUT2D eigenvalue weighted by molar-refractivity contribution is 0.602. The lowest BCUT2D eigenvalue weighted by atomic mass is 10.3. The van der Waals surface area contributed by atoms with Gasteiger partial charge in [0.05, 0.1) is 17.1 Å². The molecule has 0 fully saturated rings. The second-order valence-electron chi connectivity index (χ2n) is 2.58. The molecule has 1 aliphatic heterocycles. The normalized spacial score (nSPS) is 18.3. The van der Waals surface area contributed by atoms with Gasteiger partial charge in [0.1, 0.15) is 5.75 Å². The lowest BCUT2D eigenvalue weighted by Crippen LogP contribution is -2.06. The van der Waals surface area contributed by atoms with Crippen LogP contribution in [0, 0.1) is 0 Å². The van der Waals surface area contributed by atoms with Crippen molar-refractivity contribution in [1.29, 1.82) is 0 Å². The standard InChI is InChI=1S/C6H7N3O2S/c7-4-1-2-8-5-3-12(10,11)9-6(4)5/h1-2,9H,3H2,(H2,7,8). The summed E-state index contributed by atoms with van der Waals surface area (Å²) < 4.78 is 24.4. The van der Waals surface area contributed by atoms with E-state index < -0.39 is 10.0 Å². The van der Waals surface area contributed by atoms with Crippen LogP contribution in [0.1, 0.15) is 5.69 Å². The molecule has 1 aliphatic rings. The molecule has 1 aromatic heterocycles.